The molecule has 4 N–H and O–H groups in total. The maximum Gasteiger partial charge on any atom is 0.0388 e. The Labute approximate surface area is 93.0 Å². The lowest BCUT2D eigenvalue weighted by molar-refractivity contribution is 1.14. The molecule has 0 unspecified atom stereocenters. The van der Waals surface area contributed by atoms with Crippen LogP contribution in [0.2, 0.25) is 0 Å². The summed E-state index contributed by atoms with van der Waals surface area (Å²) in [4.78, 5) is 0. The fourth-order valence-corrected chi connectivity index (χ4v) is 1.21. The fourth-order valence-electron chi connectivity index (χ4n) is 1.21. The third-order valence-corrected chi connectivity index (χ3v) is 1.94. The first kappa shape index (κ1) is 13.6. The second kappa shape index (κ2) is 6.93. The minimum atomic E-state index is 0.778. The van der Waals surface area contributed by atoms with Gasteiger partial charge in [-0.3, -0.25) is 0 Å². The van der Waals surface area contributed by atoms with Crippen LogP contribution in [0.5, 0.6) is 0 Å². The molecular weight excluding hydrogens is 184 g/mol. The third kappa shape index (κ3) is 4.54. The Morgan fingerprint density at radius 2 is 1.93 bits per heavy atom. The Balaban J connectivity index is 0.000000921. The molecule has 2 nitrogen and oxygen atoms in total. The highest BCUT2D eigenvalue weighted by atomic mass is 14.6. The Hall–Kier alpha value is -1.44. The number of hydrogen-bond acceptors (Lipinski definition) is 2. The molecule has 0 aliphatic carbocycles. The van der Waals surface area contributed by atoms with Crippen LogP contribution in [0.15, 0.2) is 23.9 Å². The van der Waals surface area contributed by atoms with Crippen molar-refractivity contribution in [3.63, 3.8) is 0 Å². The molecule has 0 aliphatic rings. The van der Waals surface area contributed by atoms with Gasteiger partial charge in [0.25, 0.3) is 0 Å². The van der Waals surface area contributed by atoms with E-state index in [1.807, 2.05) is 39.0 Å². The minimum Gasteiger partial charge on any atom is -0.402 e. The molecule has 0 spiro atoms. The Kier molecular flexibility index (Phi) is 6.27. The Morgan fingerprint density at radius 3 is 2.40 bits per heavy atom. The first-order valence-electron chi connectivity index (χ1n) is 5.45. The van der Waals surface area contributed by atoms with Crippen LogP contribution in [-0.2, 0) is 6.42 Å². The van der Waals surface area contributed by atoms with Crippen molar-refractivity contribution in [3.05, 3.63) is 35.0 Å². The van der Waals surface area contributed by atoms with Crippen LogP contribution in [0, 0.1) is 0 Å². The molecule has 84 valence electrons. The van der Waals surface area contributed by atoms with Crippen molar-refractivity contribution >= 4 is 11.8 Å². The summed E-state index contributed by atoms with van der Waals surface area (Å²) in [6, 6.07) is 6.04. The maximum absolute atomic E-state index is 5.79. The minimum absolute atomic E-state index is 0.778. The number of nitrogen functional groups attached to an aromatic ring is 1. The van der Waals surface area contributed by atoms with E-state index in [9.17, 15) is 0 Å². The normalized spacial score (nSPS) is 10.5. The molecule has 2 heteroatoms. The van der Waals surface area contributed by atoms with E-state index < -0.39 is 0 Å². The molecule has 0 saturated heterocycles. The molecule has 0 fully saturated rings. The monoisotopic (exact) mass is 206 g/mol. The molecule has 0 bridgehead atoms. The van der Waals surface area contributed by atoms with Crippen LogP contribution < -0.4 is 11.5 Å². The predicted octanol–water partition coefficient (Wildman–Crippen LogP) is 3.18. The van der Waals surface area contributed by atoms with Gasteiger partial charge in [0.2, 0.25) is 0 Å². The average Bonchev–Trinajstić information content (AvgIpc) is 2.23. The van der Waals surface area contributed by atoms with E-state index in [4.69, 9.17) is 11.5 Å². The topological polar surface area (TPSA) is 52.0 Å². The van der Waals surface area contributed by atoms with Gasteiger partial charge in [0, 0.05) is 11.4 Å². The summed E-state index contributed by atoms with van der Waals surface area (Å²) in [5.74, 6) is 0. The predicted molar refractivity (Wildman–Crippen MR) is 69.4 cm³/mol. The molecule has 0 heterocycles. The second-order valence-electron chi connectivity index (χ2n) is 3.21. The highest BCUT2D eigenvalue weighted by molar-refractivity contribution is 5.66. The van der Waals surface area contributed by atoms with Gasteiger partial charge in [0.1, 0.15) is 0 Å². The number of benzene rings is 1. The van der Waals surface area contributed by atoms with Crippen LogP contribution >= 0.6 is 0 Å². The molecule has 0 saturated carbocycles. The zero-order valence-corrected chi connectivity index (χ0v) is 10.2. The van der Waals surface area contributed by atoms with Crippen LogP contribution in [0.1, 0.15) is 38.8 Å². The van der Waals surface area contributed by atoms with Crippen molar-refractivity contribution in [2.24, 2.45) is 5.73 Å². The standard InChI is InChI=1S/C11H16N2.C2H6/c1-3-9-4-5-11(13)10(7-9)6-8(2)12;1-2/h4-7H,3,12-13H2,1-2H3;1-2H3/b8-6-;. The third-order valence-electron chi connectivity index (χ3n) is 1.94. The van der Waals surface area contributed by atoms with E-state index in [1.165, 1.54) is 5.56 Å². The number of anilines is 1. The van der Waals surface area contributed by atoms with Crippen LogP contribution in [0.25, 0.3) is 6.08 Å². The lowest BCUT2D eigenvalue weighted by Crippen LogP contribution is -1.95. The zero-order valence-electron chi connectivity index (χ0n) is 10.2. The zero-order chi connectivity index (χ0) is 11.8. The van der Waals surface area contributed by atoms with Crippen molar-refractivity contribution in [2.45, 2.75) is 34.1 Å². The van der Waals surface area contributed by atoms with E-state index >= 15 is 0 Å². The number of aryl methyl sites for hydroxylation is 1. The summed E-state index contributed by atoms with van der Waals surface area (Å²) in [7, 11) is 0. The lowest BCUT2D eigenvalue weighted by Gasteiger charge is -2.03. The SMILES string of the molecule is CC.CCc1ccc(N)c(/C=C(/C)N)c1. The summed E-state index contributed by atoms with van der Waals surface area (Å²) < 4.78 is 0. The van der Waals surface area contributed by atoms with Crippen LogP contribution in [0.4, 0.5) is 5.69 Å². The smallest absolute Gasteiger partial charge is 0.0388 e. The maximum atomic E-state index is 5.79. The van der Waals surface area contributed by atoms with Crippen LogP contribution in [0.3, 0.4) is 0 Å². The number of rotatable bonds is 2. The Morgan fingerprint density at radius 1 is 1.33 bits per heavy atom. The van der Waals surface area contributed by atoms with Gasteiger partial charge in [0.05, 0.1) is 0 Å². The van der Waals surface area contributed by atoms with Gasteiger partial charge in [-0.15, -0.1) is 0 Å². The molecule has 0 aliphatic heterocycles. The molecule has 0 amide bonds. The molecule has 0 aromatic heterocycles. The van der Waals surface area contributed by atoms with E-state index in [0.29, 0.717) is 0 Å². The average molecular weight is 206 g/mol. The van der Waals surface area contributed by atoms with Crippen molar-refractivity contribution in [1.82, 2.24) is 0 Å². The van der Waals surface area contributed by atoms with Crippen molar-refractivity contribution in [3.8, 4) is 0 Å². The summed E-state index contributed by atoms with van der Waals surface area (Å²) in [5, 5.41) is 0. The molecule has 15 heavy (non-hydrogen) atoms. The summed E-state index contributed by atoms with van der Waals surface area (Å²) in [5.41, 5.74) is 15.2. The van der Waals surface area contributed by atoms with Gasteiger partial charge in [-0.1, -0.05) is 26.8 Å². The summed E-state index contributed by atoms with van der Waals surface area (Å²) in [6.07, 6.45) is 2.92. The van der Waals surface area contributed by atoms with Crippen molar-refractivity contribution in [2.75, 3.05) is 5.73 Å². The number of allylic oxidation sites excluding steroid dienone is 1. The van der Waals surface area contributed by atoms with E-state index in [-0.39, 0.29) is 0 Å². The number of nitrogens with two attached hydrogens (primary N) is 2. The van der Waals surface area contributed by atoms with Gasteiger partial charge in [0.15, 0.2) is 0 Å². The van der Waals surface area contributed by atoms with E-state index in [1.54, 1.807) is 0 Å². The molecule has 0 atom stereocenters. The molecule has 0 radical (unpaired) electrons. The van der Waals surface area contributed by atoms with Gasteiger partial charge in [-0.05, 0) is 42.7 Å². The quantitative estimate of drug-likeness (QED) is 0.730. The van der Waals surface area contributed by atoms with Crippen LogP contribution in [-0.4, -0.2) is 0 Å². The van der Waals surface area contributed by atoms with Gasteiger partial charge in [-0.25, -0.2) is 0 Å². The molecule has 1 aromatic rings. The highest BCUT2D eigenvalue weighted by Gasteiger charge is 1.97. The fraction of sp³-hybridized carbons (Fsp3) is 0.385. The van der Waals surface area contributed by atoms with Gasteiger partial charge in [-0.2, -0.15) is 0 Å². The van der Waals surface area contributed by atoms with Gasteiger partial charge < -0.3 is 11.5 Å². The van der Waals surface area contributed by atoms with E-state index in [0.717, 1.165) is 23.4 Å². The second-order valence-corrected chi connectivity index (χ2v) is 3.21. The first-order valence-corrected chi connectivity index (χ1v) is 5.45. The Bertz CT molecular complexity index is 323. The summed E-state index contributed by atoms with van der Waals surface area (Å²) >= 11 is 0. The molecular formula is C13H22N2. The van der Waals surface area contributed by atoms with Crippen molar-refractivity contribution < 1.29 is 0 Å². The summed E-state index contributed by atoms with van der Waals surface area (Å²) in [6.45, 7) is 7.98. The lowest BCUT2D eigenvalue weighted by atomic mass is 10.1. The highest BCUT2D eigenvalue weighted by Crippen LogP contribution is 2.16. The number of hydrogen-bond donors (Lipinski definition) is 2. The first-order chi connectivity index (χ1) is 7.13. The van der Waals surface area contributed by atoms with E-state index in [2.05, 4.69) is 13.0 Å². The molecule has 1 rings (SSSR count). The van der Waals surface area contributed by atoms with Crippen molar-refractivity contribution in [1.29, 1.82) is 0 Å². The molecule has 1 aromatic carbocycles. The largest absolute Gasteiger partial charge is 0.402 e. The van der Waals surface area contributed by atoms with Gasteiger partial charge >= 0.3 is 0 Å².